The number of aromatic nitrogens is 2. The average Bonchev–Trinajstić information content (AvgIpc) is 3.13. The topological polar surface area (TPSA) is 118 Å². The van der Waals surface area contributed by atoms with Gasteiger partial charge in [-0.2, -0.15) is 0 Å². The molecule has 2 aromatic heterocycles. The Morgan fingerprint density at radius 2 is 1.97 bits per heavy atom. The lowest BCUT2D eigenvalue weighted by Crippen LogP contribution is -2.04. The fraction of sp³-hybridized carbons (Fsp3) is 0.0952. The largest absolute Gasteiger partial charge is 0.478 e. The summed E-state index contributed by atoms with van der Waals surface area (Å²) in [6.45, 7) is 2.34. The smallest absolute Gasteiger partial charge is 0.335 e. The van der Waals surface area contributed by atoms with Crippen molar-refractivity contribution in [1.82, 2.24) is 9.97 Å². The fourth-order valence-electron chi connectivity index (χ4n) is 3.07. The quantitative estimate of drug-likeness (QED) is 0.337. The number of rotatable bonds is 6. The van der Waals surface area contributed by atoms with Crippen LogP contribution in [0.3, 0.4) is 0 Å². The van der Waals surface area contributed by atoms with Crippen LogP contribution in [0.15, 0.2) is 53.9 Å². The van der Waals surface area contributed by atoms with Crippen molar-refractivity contribution in [2.45, 2.75) is 13.5 Å². The molecule has 0 saturated carbocycles. The summed E-state index contributed by atoms with van der Waals surface area (Å²) in [6, 6.07) is 12.8. The van der Waals surface area contributed by atoms with Gasteiger partial charge in [-0.25, -0.2) is 14.8 Å². The van der Waals surface area contributed by atoms with Gasteiger partial charge in [0.2, 0.25) is 0 Å². The number of fused-ring (bicyclic) bond motifs is 1. The molecule has 0 unspecified atom stereocenters. The SMILES string of the molecule is Cc1csc2nc(-c3ccc(C(=O)O)cc3)nc(NCc3cccc([N+](=O)[O-])c3)c12. The third-order valence-electron chi connectivity index (χ3n) is 4.59. The number of hydrogen-bond acceptors (Lipinski definition) is 7. The van der Waals surface area contributed by atoms with Crippen LogP contribution in [0.2, 0.25) is 0 Å². The first-order valence-electron chi connectivity index (χ1n) is 8.99. The van der Waals surface area contributed by atoms with E-state index in [-0.39, 0.29) is 11.3 Å². The number of nitrogens with one attached hydrogen (secondary N) is 1. The van der Waals surface area contributed by atoms with Crippen LogP contribution in [0.25, 0.3) is 21.6 Å². The number of carboxylic acids is 1. The molecule has 150 valence electrons. The number of thiophene rings is 1. The molecule has 2 heterocycles. The normalized spacial score (nSPS) is 10.8. The highest BCUT2D eigenvalue weighted by atomic mass is 32.1. The Hall–Kier alpha value is -3.85. The Morgan fingerprint density at radius 1 is 1.20 bits per heavy atom. The van der Waals surface area contributed by atoms with Gasteiger partial charge in [-0.3, -0.25) is 10.1 Å². The van der Waals surface area contributed by atoms with Gasteiger partial charge < -0.3 is 10.4 Å². The summed E-state index contributed by atoms with van der Waals surface area (Å²) < 4.78 is 0. The highest BCUT2D eigenvalue weighted by Gasteiger charge is 2.14. The molecule has 0 atom stereocenters. The lowest BCUT2D eigenvalue weighted by molar-refractivity contribution is -0.384. The zero-order valence-corrected chi connectivity index (χ0v) is 16.6. The maximum absolute atomic E-state index is 11.1. The number of non-ortho nitro benzene ring substituents is 1. The molecule has 30 heavy (non-hydrogen) atoms. The van der Waals surface area contributed by atoms with E-state index < -0.39 is 10.9 Å². The summed E-state index contributed by atoms with van der Waals surface area (Å²) in [5.41, 5.74) is 2.72. The summed E-state index contributed by atoms with van der Waals surface area (Å²) in [7, 11) is 0. The van der Waals surface area contributed by atoms with E-state index in [1.807, 2.05) is 18.4 Å². The van der Waals surface area contributed by atoms with E-state index in [1.54, 1.807) is 18.2 Å². The molecular formula is C21H16N4O4S. The minimum Gasteiger partial charge on any atom is -0.478 e. The van der Waals surface area contributed by atoms with E-state index in [2.05, 4.69) is 15.3 Å². The van der Waals surface area contributed by atoms with Crippen molar-refractivity contribution in [3.05, 3.63) is 80.7 Å². The van der Waals surface area contributed by atoms with Crippen LogP contribution in [-0.2, 0) is 6.54 Å². The number of aromatic carboxylic acids is 1. The van der Waals surface area contributed by atoms with Crippen molar-refractivity contribution in [1.29, 1.82) is 0 Å². The molecular weight excluding hydrogens is 404 g/mol. The molecule has 4 rings (SSSR count). The van der Waals surface area contributed by atoms with Crippen LogP contribution in [0.1, 0.15) is 21.5 Å². The molecule has 0 bridgehead atoms. The molecule has 0 radical (unpaired) electrons. The number of carboxylic acid groups (broad SMARTS) is 1. The van der Waals surface area contributed by atoms with Gasteiger partial charge >= 0.3 is 5.97 Å². The number of nitrogens with zero attached hydrogens (tertiary/aromatic N) is 3. The first-order valence-corrected chi connectivity index (χ1v) is 9.87. The summed E-state index contributed by atoms with van der Waals surface area (Å²) >= 11 is 1.50. The maximum atomic E-state index is 11.1. The monoisotopic (exact) mass is 420 g/mol. The Kier molecular flexibility index (Phi) is 5.11. The Bertz CT molecular complexity index is 1270. The van der Waals surface area contributed by atoms with Crippen LogP contribution in [0.4, 0.5) is 11.5 Å². The third kappa shape index (κ3) is 3.83. The molecule has 0 aliphatic carbocycles. The summed E-state index contributed by atoms with van der Waals surface area (Å²) in [5.74, 6) is 0.108. The van der Waals surface area contributed by atoms with Crippen LogP contribution in [-0.4, -0.2) is 26.0 Å². The summed E-state index contributed by atoms with van der Waals surface area (Å²) in [5, 5.41) is 26.3. The summed E-state index contributed by atoms with van der Waals surface area (Å²) in [4.78, 5) is 31.8. The standard InChI is InChI=1S/C21H16N4O4S/c1-12-11-30-20-17(12)19(22-10-13-3-2-4-16(9-13)25(28)29)23-18(24-20)14-5-7-15(8-6-14)21(26)27/h2-9,11H,10H2,1H3,(H,26,27)(H,22,23,24). The third-order valence-corrected chi connectivity index (χ3v) is 5.58. The van der Waals surface area contributed by atoms with Crippen LogP contribution < -0.4 is 5.32 Å². The predicted molar refractivity (Wildman–Crippen MR) is 115 cm³/mol. The molecule has 0 aliphatic rings. The van der Waals surface area contributed by atoms with E-state index in [0.29, 0.717) is 23.8 Å². The lowest BCUT2D eigenvalue weighted by Gasteiger charge is -2.10. The number of hydrogen-bond donors (Lipinski definition) is 2. The van der Waals surface area contributed by atoms with E-state index in [0.717, 1.165) is 21.3 Å². The van der Waals surface area contributed by atoms with Crippen molar-refractivity contribution in [2.75, 3.05) is 5.32 Å². The zero-order chi connectivity index (χ0) is 21.3. The highest BCUT2D eigenvalue weighted by Crippen LogP contribution is 2.32. The highest BCUT2D eigenvalue weighted by molar-refractivity contribution is 7.17. The summed E-state index contributed by atoms with van der Waals surface area (Å²) in [6.07, 6.45) is 0. The average molecular weight is 420 g/mol. The zero-order valence-electron chi connectivity index (χ0n) is 15.8. The van der Waals surface area contributed by atoms with E-state index >= 15 is 0 Å². The number of aryl methyl sites for hydroxylation is 1. The van der Waals surface area contributed by atoms with Crippen LogP contribution in [0, 0.1) is 17.0 Å². The molecule has 0 aliphatic heterocycles. The van der Waals surface area contributed by atoms with Gasteiger partial charge in [0.15, 0.2) is 5.82 Å². The molecule has 0 fully saturated rings. The van der Waals surface area contributed by atoms with E-state index in [4.69, 9.17) is 5.11 Å². The number of carbonyl (C=O) groups is 1. The fourth-order valence-corrected chi connectivity index (χ4v) is 3.99. The molecule has 8 nitrogen and oxygen atoms in total. The van der Waals surface area contributed by atoms with Gasteiger partial charge in [-0.1, -0.05) is 24.3 Å². The van der Waals surface area contributed by atoms with Crippen LogP contribution in [0.5, 0.6) is 0 Å². The van der Waals surface area contributed by atoms with Crippen molar-refractivity contribution in [3.8, 4) is 11.4 Å². The van der Waals surface area contributed by atoms with E-state index in [1.165, 1.54) is 35.6 Å². The second-order valence-corrected chi connectivity index (χ2v) is 7.52. The maximum Gasteiger partial charge on any atom is 0.335 e. The second kappa shape index (κ2) is 7.88. The first kappa shape index (κ1) is 19.5. The number of benzene rings is 2. The molecule has 0 amide bonds. The van der Waals surface area contributed by atoms with Gasteiger partial charge in [0.05, 0.1) is 15.9 Å². The molecule has 2 N–H and O–H groups in total. The van der Waals surface area contributed by atoms with Gasteiger partial charge in [0, 0.05) is 24.2 Å². The lowest BCUT2D eigenvalue weighted by atomic mass is 10.1. The molecule has 9 heteroatoms. The molecule has 0 saturated heterocycles. The van der Waals surface area contributed by atoms with Gasteiger partial charge in [0.25, 0.3) is 5.69 Å². The Morgan fingerprint density at radius 3 is 2.67 bits per heavy atom. The van der Waals surface area contributed by atoms with Crippen molar-refractivity contribution in [2.24, 2.45) is 0 Å². The Labute approximate surface area is 175 Å². The molecule has 0 spiro atoms. The number of nitro groups is 1. The molecule has 2 aromatic carbocycles. The number of nitro benzene ring substituents is 1. The van der Waals surface area contributed by atoms with Gasteiger partial charge in [-0.05, 0) is 35.6 Å². The minimum absolute atomic E-state index is 0.0352. The van der Waals surface area contributed by atoms with Gasteiger partial charge in [0.1, 0.15) is 10.6 Å². The van der Waals surface area contributed by atoms with Crippen molar-refractivity contribution >= 4 is 39.0 Å². The second-order valence-electron chi connectivity index (χ2n) is 6.66. The number of anilines is 1. The predicted octanol–water partition coefficient (Wildman–Crippen LogP) is 4.89. The van der Waals surface area contributed by atoms with Gasteiger partial charge in [-0.15, -0.1) is 11.3 Å². The van der Waals surface area contributed by atoms with Crippen molar-refractivity contribution < 1.29 is 14.8 Å². The first-order chi connectivity index (χ1) is 14.4. The molecule has 4 aromatic rings. The Balaban J connectivity index is 1.70. The van der Waals surface area contributed by atoms with E-state index in [9.17, 15) is 14.9 Å². The van der Waals surface area contributed by atoms with Crippen molar-refractivity contribution in [3.63, 3.8) is 0 Å². The minimum atomic E-state index is -0.994. The van der Waals surface area contributed by atoms with Crippen LogP contribution >= 0.6 is 11.3 Å².